The fraction of sp³-hybridized carbons (Fsp3) is 0.778. The van der Waals surface area contributed by atoms with E-state index in [2.05, 4.69) is 10.6 Å². The molecule has 1 aliphatic rings. The van der Waals surface area contributed by atoms with Crippen molar-refractivity contribution in [3.63, 3.8) is 0 Å². The molecule has 6 nitrogen and oxygen atoms in total. The SMILES string of the molecule is CC(CC(=O)O)NC(=O)C1CC(O)CN1. The molecule has 0 radical (unpaired) electrons. The quantitative estimate of drug-likeness (QED) is 0.467. The highest BCUT2D eigenvalue weighted by atomic mass is 16.4. The van der Waals surface area contributed by atoms with Crippen LogP contribution in [-0.4, -0.2) is 46.8 Å². The summed E-state index contributed by atoms with van der Waals surface area (Å²) < 4.78 is 0. The van der Waals surface area contributed by atoms with Gasteiger partial charge in [-0.2, -0.15) is 0 Å². The minimum Gasteiger partial charge on any atom is -0.481 e. The molecule has 3 unspecified atom stereocenters. The molecular formula is C9H16N2O4. The Labute approximate surface area is 87.7 Å². The number of hydrogen-bond donors (Lipinski definition) is 4. The van der Waals surface area contributed by atoms with Crippen LogP contribution in [0.5, 0.6) is 0 Å². The molecule has 4 N–H and O–H groups in total. The molecule has 0 aromatic rings. The van der Waals surface area contributed by atoms with E-state index in [-0.39, 0.29) is 12.3 Å². The van der Waals surface area contributed by atoms with E-state index in [1.807, 2.05) is 0 Å². The summed E-state index contributed by atoms with van der Waals surface area (Å²) in [7, 11) is 0. The van der Waals surface area contributed by atoms with Crippen LogP contribution >= 0.6 is 0 Å². The van der Waals surface area contributed by atoms with Gasteiger partial charge in [0, 0.05) is 12.6 Å². The summed E-state index contributed by atoms with van der Waals surface area (Å²) in [5.74, 6) is -1.19. The van der Waals surface area contributed by atoms with Gasteiger partial charge in [0.05, 0.1) is 18.6 Å². The first-order valence-corrected chi connectivity index (χ1v) is 4.92. The van der Waals surface area contributed by atoms with Crippen LogP contribution in [0.15, 0.2) is 0 Å². The number of aliphatic carboxylic acids is 1. The van der Waals surface area contributed by atoms with Crippen LogP contribution in [-0.2, 0) is 9.59 Å². The van der Waals surface area contributed by atoms with Gasteiger partial charge in [0.25, 0.3) is 0 Å². The lowest BCUT2D eigenvalue weighted by Crippen LogP contribution is -2.44. The van der Waals surface area contributed by atoms with E-state index in [4.69, 9.17) is 5.11 Å². The number of β-amino-alcohol motifs (C(OH)–C–C–N with tert-alkyl or cyclic N) is 1. The summed E-state index contributed by atoms with van der Waals surface area (Å²) in [6.45, 7) is 2.04. The lowest BCUT2D eigenvalue weighted by molar-refractivity contribution is -0.137. The molecule has 86 valence electrons. The van der Waals surface area contributed by atoms with Crippen LogP contribution in [0, 0.1) is 0 Å². The van der Waals surface area contributed by atoms with Crippen molar-refractivity contribution in [3.8, 4) is 0 Å². The standard InChI is InChI=1S/C9H16N2O4/c1-5(2-8(13)14)11-9(15)7-3-6(12)4-10-7/h5-7,10,12H,2-4H2,1H3,(H,11,15)(H,13,14). The highest BCUT2D eigenvalue weighted by molar-refractivity contribution is 5.83. The number of carboxylic acids is 1. The molecule has 15 heavy (non-hydrogen) atoms. The van der Waals surface area contributed by atoms with Gasteiger partial charge in [0.15, 0.2) is 0 Å². The molecule has 1 aliphatic heterocycles. The first-order valence-electron chi connectivity index (χ1n) is 4.92. The Morgan fingerprint density at radius 3 is 2.73 bits per heavy atom. The smallest absolute Gasteiger partial charge is 0.305 e. The monoisotopic (exact) mass is 216 g/mol. The van der Waals surface area contributed by atoms with Crippen molar-refractivity contribution in [1.29, 1.82) is 0 Å². The fourth-order valence-electron chi connectivity index (χ4n) is 1.57. The summed E-state index contributed by atoms with van der Waals surface area (Å²) in [5.41, 5.74) is 0. The predicted octanol–water partition coefficient (Wildman–Crippen LogP) is -1.31. The molecule has 0 aromatic carbocycles. The van der Waals surface area contributed by atoms with E-state index in [1.165, 1.54) is 0 Å². The van der Waals surface area contributed by atoms with Gasteiger partial charge < -0.3 is 20.8 Å². The number of carbonyl (C=O) groups excluding carboxylic acids is 1. The summed E-state index contributed by atoms with van der Waals surface area (Å²) in [6.07, 6.45) is -0.206. The largest absolute Gasteiger partial charge is 0.481 e. The molecule has 1 heterocycles. The van der Waals surface area contributed by atoms with Gasteiger partial charge in [-0.3, -0.25) is 9.59 Å². The van der Waals surface area contributed by atoms with Gasteiger partial charge in [0.1, 0.15) is 0 Å². The molecule has 6 heteroatoms. The minimum atomic E-state index is -0.942. The number of nitrogens with one attached hydrogen (secondary N) is 2. The van der Waals surface area contributed by atoms with E-state index in [9.17, 15) is 14.7 Å². The van der Waals surface area contributed by atoms with Crippen LogP contribution in [0.3, 0.4) is 0 Å². The molecule has 0 bridgehead atoms. The number of carboxylic acid groups (broad SMARTS) is 1. The minimum absolute atomic E-state index is 0.0962. The number of amides is 1. The zero-order chi connectivity index (χ0) is 11.4. The van der Waals surface area contributed by atoms with Crippen molar-refractivity contribution in [1.82, 2.24) is 10.6 Å². The number of aliphatic hydroxyl groups excluding tert-OH is 1. The van der Waals surface area contributed by atoms with Gasteiger partial charge in [0.2, 0.25) is 5.91 Å². The summed E-state index contributed by atoms with van der Waals surface area (Å²) in [6, 6.07) is -0.800. The van der Waals surface area contributed by atoms with Gasteiger partial charge in [-0.05, 0) is 13.3 Å². The molecule has 0 aromatic heterocycles. The highest BCUT2D eigenvalue weighted by Crippen LogP contribution is 2.06. The van der Waals surface area contributed by atoms with Crippen molar-refractivity contribution in [2.45, 2.75) is 38.0 Å². The Morgan fingerprint density at radius 1 is 1.60 bits per heavy atom. The van der Waals surface area contributed by atoms with Crippen LogP contribution in [0.2, 0.25) is 0 Å². The average molecular weight is 216 g/mol. The second-order valence-corrected chi connectivity index (χ2v) is 3.86. The van der Waals surface area contributed by atoms with E-state index in [1.54, 1.807) is 6.92 Å². The van der Waals surface area contributed by atoms with E-state index in [0.717, 1.165) is 0 Å². The van der Waals surface area contributed by atoms with E-state index < -0.39 is 24.2 Å². The van der Waals surface area contributed by atoms with Crippen LogP contribution < -0.4 is 10.6 Å². The molecule has 1 amide bonds. The summed E-state index contributed by atoms with van der Waals surface area (Å²) in [5, 5.41) is 23.1. The second-order valence-electron chi connectivity index (χ2n) is 3.86. The summed E-state index contributed by atoms with van der Waals surface area (Å²) >= 11 is 0. The average Bonchev–Trinajstić information content (AvgIpc) is 2.49. The molecule has 0 spiro atoms. The molecule has 0 aliphatic carbocycles. The number of aliphatic hydroxyl groups is 1. The molecular weight excluding hydrogens is 200 g/mol. The molecule has 1 rings (SSSR count). The van der Waals surface area contributed by atoms with Crippen LogP contribution in [0.4, 0.5) is 0 Å². The highest BCUT2D eigenvalue weighted by Gasteiger charge is 2.28. The molecule has 3 atom stereocenters. The normalized spacial score (nSPS) is 27.3. The Hall–Kier alpha value is -1.14. The lowest BCUT2D eigenvalue weighted by Gasteiger charge is -2.15. The zero-order valence-electron chi connectivity index (χ0n) is 8.56. The Bertz CT molecular complexity index is 256. The van der Waals surface area contributed by atoms with Crippen molar-refractivity contribution >= 4 is 11.9 Å². The van der Waals surface area contributed by atoms with E-state index >= 15 is 0 Å². The first-order chi connectivity index (χ1) is 6.99. The predicted molar refractivity (Wildman–Crippen MR) is 52.3 cm³/mol. The van der Waals surface area contributed by atoms with Gasteiger partial charge in [-0.15, -0.1) is 0 Å². The number of hydrogen-bond acceptors (Lipinski definition) is 4. The number of rotatable bonds is 4. The first kappa shape index (κ1) is 11.9. The van der Waals surface area contributed by atoms with Gasteiger partial charge in [-0.1, -0.05) is 0 Å². The Kier molecular flexibility index (Phi) is 4.05. The van der Waals surface area contributed by atoms with Crippen LogP contribution in [0.1, 0.15) is 19.8 Å². The van der Waals surface area contributed by atoms with Crippen molar-refractivity contribution in [2.75, 3.05) is 6.54 Å². The third kappa shape index (κ3) is 3.85. The van der Waals surface area contributed by atoms with Gasteiger partial charge >= 0.3 is 5.97 Å². The molecule has 0 saturated carbocycles. The van der Waals surface area contributed by atoms with Crippen molar-refractivity contribution < 1.29 is 19.8 Å². The third-order valence-electron chi connectivity index (χ3n) is 2.29. The van der Waals surface area contributed by atoms with Crippen molar-refractivity contribution in [2.24, 2.45) is 0 Å². The fourth-order valence-corrected chi connectivity index (χ4v) is 1.57. The molecule has 1 saturated heterocycles. The van der Waals surface area contributed by atoms with Crippen LogP contribution in [0.25, 0.3) is 0 Å². The Morgan fingerprint density at radius 2 is 2.27 bits per heavy atom. The molecule has 1 fully saturated rings. The lowest BCUT2D eigenvalue weighted by atomic mass is 10.1. The maximum atomic E-state index is 11.5. The number of carbonyl (C=O) groups is 2. The summed E-state index contributed by atoms with van der Waals surface area (Å²) in [4.78, 5) is 21.9. The topological polar surface area (TPSA) is 98.7 Å². The third-order valence-corrected chi connectivity index (χ3v) is 2.29. The second kappa shape index (κ2) is 5.09. The van der Waals surface area contributed by atoms with E-state index in [0.29, 0.717) is 13.0 Å². The van der Waals surface area contributed by atoms with Crippen molar-refractivity contribution in [3.05, 3.63) is 0 Å². The maximum Gasteiger partial charge on any atom is 0.305 e. The zero-order valence-corrected chi connectivity index (χ0v) is 8.56. The Balaban J connectivity index is 2.32. The maximum absolute atomic E-state index is 11.5. The van der Waals surface area contributed by atoms with Gasteiger partial charge in [-0.25, -0.2) is 0 Å².